The first-order valence-corrected chi connectivity index (χ1v) is 6.43. The highest BCUT2D eigenvalue weighted by molar-refractivity contribution is 5.88. The summed E-state index contributed by atoms with van der Waals surface area (Å²) >= 11 is 0. The Morgan fingerprint density at radius 2 is 2.00 bits per heavy atom. The zero-order valence-electron chi connectivity index (χ0n) is 10.9. The molecule has 106 valence electrons. The molecule has 1 aliphatic heterocycles. The van der Waals surface area contributed by atoms with Crippen LogP contribution in [-0.2, 0) is 16.1 Å². The zero-order chi connectivity index (χ0) is 14.5. The fraction of sp³-hybridized carbons (Fsp3) is 0.357. The Morgan fingerprint density at radius 3 is 2.60 bits per heavy atom. The molecular formula is C14H16N2O4. The summed E-state index contributed by atoms with van der Waals surface area (Å²) in [5, 5.41) is 14.2. The molecule has 2 amide bonds. The van der Waals surface area contributed by atoms with E-state index in [9.17, 15) is 14.4 Å². The van der Waals surface area contributed by atoms with Crippen LogP contribution in [0.4, 0.5) is 0 Å². The Kier molecular flexibility index (Phi) is 4.34. The van der Waals surface area contributed by atoms with Gasteiger partial charge in [-0.2, -0.15) is 0 Å². The third kappa shape index (κ3) is 3.57. The monoisotopic (exact) mass is 276 g/mol. The quantitative estimate of drug-likeness (QED) is 0.747. The number of amides is 2. The Bertz CT molecular complexity index is 524. The van der Waals surface area contributed by atoms with Gasteiger partial charge in [-0.15, -0.1) is 0 Å². The summed E-state index contributed by atoms with van der Waals surface area (Å²) in [7, 11) is 0. The minimum Gasteiger partial charge on any atom is -0.478 e. The molecule has 1 aromatic carbocycles. The maximum Gasteiger partial charge on any atom is 0.335 e. The average molecular weight is 276 g/mol. The summed E-state index contributed by atoms with van der Waals surface area (Å²) in [5.74, 6) is -1.49. The van der Waals surface area contributed by atoms with Gasteiger partial charge in [-0.05, 0) is 24.1 Å². The molecule has 0 radical (unpaired) electrons. The molecule has 6 heteroatoms. The number of hydrogen-bond acceptors (Lipinski definition) is 3. The molecule has 3 N–H and O–H groups in total. The van der Waals surface area contributed by atoms with Gasteiger partial charge < -0.3 is 15.7 Å². The summed E-state index contributed by atoms with van der Waals surface area (Å²) < 4.78 is 0. The van der Waals surface area contributed by atoms with Crippen molar-refractivity contribution in [2.24, 2.45) is 5.92 Å². The van der Waals surface area contributed by atoms with Crippen LogP contribution in [0.5, 0.6) is 0 Å². The number of nitrogens with one attached hydrogen (secondary N) is 2. The van der Waals surface area contributed by atoms with Crippen LogP contribution in [0.1, 0.15) is 28.8 Å². The molecule has 0 aromatic heterocycles. The van der Waals surface area contributed by atoms with Crippen molar-refractivity contribution in [3.05, 3.63) is 35.4 Å². The highest BCUT2D eigenvalue weighted by Crippen LogP contribution is 2.13. The average Bonchev–Trinajstić information content (AvgIpc) is 2.45. The highest BCUT2D eigenvalue weighted by Gasteiger charge is 2.25. The second-order valence-electron chi connectivity index (χ2n) is 4.76. The van der Waals surface area contributed by atoms with Crippen LogP contribution >= 0.6 is 0 Å². The first-order chi connectivity index (χ1) is 9.56. The van der Waals surface area contributed by atoms with E-state index >= 15 is 0 Å². The lowest BCUT2D eigenvalue weighted by Gasteiger charge is -2.21. The standard InChI is InChI=1S/C14H16N2O4/c17-12-7-11(5-6-15-12)13(18)16-8-9-1-3-10(4-2-9)14(19)20/h1-4,11H,5-8H2,(H,15,17)(H,16,18)(H,19,20)/t11-/m0/s1. The van der Waals surface area contributed by atoms with Gasteiger partial charge in [-0.25, -0.2) is 4.79 Å². The maximum absolute atomic E-state index is 11.9. The fourth-order valence-electron chi connectivity index (χ4n) is 2.11. The van der Waals surface area contributed by atoms with Gasteiger partial charge in [-0.1, -0.05) is 12.1 Å². The molecule has 20 heavy (non-hydrogen) atoms. The third-order valence-electron chi connectivity index (χ3n) is 3.29. The van der Waals surface area contributed by atoms with Crippen molar-refractivity contribution in [3.8, 4) is 0 Å². The summed E-state index contributed by atoms with van der Waals surface area (Å²) in [5.41, 5.74) is 1.03. The number of carbonyl (C=O) groups is 3. The van der Waals surface area contributed by atoms with Crippen LogP contribution < -0.4 is 10.6 Å². The van der Waals surface area contributed by atoms with Gasteiger partial charge in [0.05, 0.1) is 5.56 Å². The minimum absolute atomic E-state index is 0.0952. The van der Waals surface area contributed by atoms with Crippen molar-refractivity contribution >= 4 is 17.8 Å². The van der Waals surface area contributed by atoms with Crippen LogP contribution in [0.2, 0.25) is 0 Å². The van der Waals surface area contributed by atoms with Crippen LogP contribution in [-0.4, -0.2) is 29.4 Å². The summed E-state index contributed by atoms with van der Waals surface area (Å²) in [6, 6.07) is 6.32. The van der Waals surface area contributed by atoms with Gasteiger partial charge in [0.15, 0.2) is 0 Å². The Balaban J connectivity index is 1.86. The molecule has 1 aromatic rings. The van der Waals surface area contributed by atoms with E-state index in [1.54, 1.807) is 12.1 Å². The molecule has 0 saturated carbocycles. The molecular weight excluding hydrogens is 260 g/mol. The first kappa shape index (κ1) is 14.0. The largest absolute Gasteiger partial charge is 0.478 e. The number of benzene rings is 1. The van der Waals surface area contributed by atoms with E-state index in [1.165, 1.54) is 12.1 Å². The molecule has 0 aliphatic carbocycles. The van der Waals surface area contributed by atoms with Crippen molar-refractivity contribution in [2.45, 2.75) is 19.4 Å². The maximum atomic E-state index is 11.9. The molecule has 0 bridgehead atoms. The lowest BCUT2D eigenvalue weighted by molar-refractivity contribution is -0.132. The lowest BCUT2D eigenvalue weighted by Crippen LogP contribution is -2.40. The van der Waals surface area contributed by atoms with Crippen LogP contribution in [0.3, 0.4) is 0 Å². The topological polar surface area (TPSA) is 95.5 Å². The molecule has 2 rings (SSSR count). The Morgan fingerprint density at radius 1 is 1.30 bits per heavy atom. The van der Waals surface area contributed by atoms with E-state index in [4.69, 9.17) is 5.11 Å². The van der Waals surface area contributed by atoms with Crippen molar-refractivity contribution in [1.29, 1.82) is 0 Å². The second kappa shape index (κ2) is 6.18. The van der Waals surface area contributed by atoms with E-state index in [2.05, 4.69) is 10.6 Å². The van der Waals surface area contributed by atoms with Gasteiger partial charge in [0.1, 0.15) is 0 Å². The first-order valence-electron chi connectivity index (χ1n) is 6.43. The SMILES string of the molecule is O=C1C[C@@H](C(=O)NCc2ccc(C(=O)O)cc2)CCN1. The molecule has 1 heterocycles. The summed E-state index contributed by atoms with van der Waals surface area (Å²) in [6.45, 7) is 0.862. The van der Waals surface area contributed by atoms with E-state index in [-0.39, 0.29) is 29.7 Å². The third-order valence-corrected chi connectivity index (χ3v) is 3.29. The van der Waals surface area contributed by atoms with E-state index in [1.807, 2.05) is 0 Å². The molecule has 1 fully saturated rings. The second-order valence-corrected chi connectivity index (χ2v) is 4.76. The van der Waals surface area contributed by atoms with E-state index in [0.29, 0.717) is 19.5 Å². The summed E-state index contributed by atoms with van der Waals surface area (Å²) in [4.78, 5) is 33.8. The number of carboxylic acid groups (broad SMARTS) is 1. The number of hydrogen-bond donors (Lipinski definition) is 3. The van der Waals surface area contributed by atoms with Gasteiger partial charge >= 0.3 is 5.97 Å². The van der Waals surface area contributed by atoms with Gasteiger partial charge in [0.2, 0.25) is 11.8 Å². The number of piperidine rings is 1. The molecule has 1 aliphatic rings. The molecule has 1 atom stereocenters. The van der Waals surface area contributed by atoms with E-state index < -0.39 is 5.97 Å². The van der Waals surface area contributed by atoms with Crippen molar-refractivity contribution in [1.82, 2.24) is 10.6 Å². The van der Waals surface area contributed by atoms with Crippen molar-refractivity contribution in [3.63, 3.8) is 0 Å². The van der Waals surface area contributed by atoms with Crippen LogP contribution in [0.15, 0.2) is 24.3 Å². The lowest BCUT2D eigenvalue weighted by atomic mass is 9.96. The molecule has 0 unspecified atom stereocenters. The summed E-state index contributed by atoms with van der Waals surface area (Å²) in [6.07, 6.45) is 0.874. The smallest absolute Gasteiger partial charge is 0.335 e. The number of carboxylic acids is 1. The Labute approximate surface area is 116 Å². The molecule has 1 saturated heterocycles. The highest BCUT2D eigenvalue weighted by atomic mass is 16.4. The van der Waals surface area contributed by atoms with Crippen molar-refractivity contribution < 1.29 is 19.5 Å². The fourth-order valence-corrected chi connectivity index (χ4v) is 2.11. The normalized spacial score (nSPS) is 18.2. The predicted octanol–water partition coefficient (Wildman–Crippen LogP) is 0.527. The van der Waals surface area contributed by atoms with Crippen LogP contribution in [0, 0.1) is 5.92 Å². The minimum atomic E-state index is -0.978. The van der Waals surface area contributed by atoms with Gasteiger partial charge in [0.25, 0.3) is 0 Å². The van der Waals surface area contributed by atoms with Gasteiger partial charge in [-0.3, -0.25) is 9.59 Å². The number of carbonyl (C=O) groups excluding carboxylic acids is 2. The van der Waals surface area contributed by atoms with Gasteiger partial charge in [0, 0.05) is 25.4 Å². The molecule has 6 nitrogen and oxygen atoms in total. The zero-order valence-corrected chi connectivity index (χ0v) is 10.9. The van der Waals surface area contributed by atoms with Crippen LogP contribution in [0.25, 0.3) is 0 Å². The van der Waals surface area contributed by atoms with Crippen molar-refractivity contribution in [2.75, 3.05) is 6.54 Å². The van der Waals surface area contributed by atoms with E-state index in [0.717, 1.165) is 5.56 Å². The number of aromatic carboxylic acids is 1. The Hall–Kier alpha value is -2.37. The number of rotatable bonds is 4. The molecule has 0 spiro atoms. The predicted molar refractivity (Wildman–Crippen MR) is 71.0 cm³/mol.